The number of rotatable bonds is 2. The van der Waals surface area contributed by atoms with Crippen molar-refractivity contribution < 1.29 is 19.3 Å². The van der Waals surface area contributed by atoms with Crippen molar-refractivity contribution in [3.05, 3.63) is 58.9 Å². The number of hydrogen-bond acceptors (Lipinski definition) is 5. The summed E-state index contributed by atoms with van der Waals surface area (Å²) in [4.78, 5) is 6.16. The predicted molar refractivity (Wildman–Crippen MR) is 142 cm³/mol. The quantitative estimate of drug-likeness (QED) is 0.423. The van der Waals surface area contributed by atoms with Gasteiger partial charge in [0.1, 0.15) is 16.9 Å². The fourth-order valence-electron chi connectivity index (χ4n) is 8.73. The van der Waals surface area contributed by atoms with Gasteiger partial charge in [-0.05, 0) is 80.4 Å². The van der Waals surface area contributed by atoms with Crippen LogP contribution in [-0.2, 0) is 4.74 Å². The second-order valence-corrected chi connectivity index (χ2v) is 12.8. The monoisotopic (exact) mass is 524 g/mol. The van der Waals surface area contributed by atoms with E-state index in [0.29, 0.717) is 18.0 Å². The van der Waals surface area contributed by atoms with Crippen molar-refractivity contribution in [3.63, 3.8) is 0 Å². The van der Waals surface area contributed by atoms with Gasteiger partial charge in [-0.3, -0.25) is 0 Å². The first-order valence-electron chi connectivity index (χ1n) is 13.4. The number of aromatic nitrogens is 1. The van der Waals surface area contributed by atoms with Crippen molar-refractivity contribution in [3.8, 4) is 0 Å². The lowest BCUT2D eigenvalue weighted by Gasteiger charge is -2.61. The first-order valence-corrected chi connectivity index (χ1v) is 13.8. The molecule has 0 amide bonds. The standard InChI is InChI=1S/C30H34ClFN2O3/c1-27-10-8-19-15-30(32)25(36)24(35)22(34(2)3)16-28(30)11-12-29(19,37-28)23(27)7-6-21(27)18-5-4-17-9-13-33-26(31)20(17)14-18/h4-6,8-9,13-14,22-25,35-36H,7,10-12,15-16H2,1-3H3/t22-,23?,24+,25-,27+,28+,29+,30?/m0/s1. The van der Waals surface area contributed by atoms with Gasteiger partial charge in [-0.25, -0.2) is 9.37 Å². The van der Waals surface area contributed by atoms with Crippen LogP contribution in [0.25, 0.3) is 16.3 Å². The van der Waals surface area contributed by atoms with Gasteiger partial charge in [0.05, 0.1) is 11.7 Å². The number of aliphatic hydroxyl groups is 2. The van der Waals surface area contributed by atoms with Crippen molar-refractivity contribution in [2.45, 2.75) is 80.6 Å². The van der Waals surface area contributed by atoms with Crippen LogP contribution in [0.5, 0.6) is 0 Å². The predicted octanol–water partition coefficient (Wildman–Crippen LogP) is 5.08. The number of benzene rings is 1. The molecule has 2 aromatic rings. The number of halogens is 2. The summed E-state index contributed by atoms with van der Waals surface area (Å²) in [7, 11) is 3.75. The van der Waals surface area contributed by atoms with Crippen molar-refractivity contribution in [2.24, 2.45) is 11.3 Å². The average Bonchev–Trinajstić information content (AvgIpc) is 3.40. The van der Waals surface area contributed by atoms with Gasteiger partial charge in [0.2, 0.25) is 0 Å². The summed E-state index contributed by atoms with van der Waals surface area (Å²) in [5, 5.41) is 24.5. The maximum absolute atomic E-state index is 16.9. The Balaban J connectivity index is 1.29. The molecule has 1 aromatic carbocycles. The Bertz CT molecular complexity index is 1380. The molecule has 37 heavy (non-hydrogen) atoms. The lowest BCUT2D eigenvalue weighted by atomic mass is 9.56. The van der Waals surface area contributed by atoms with Gasteiger partial charge in [-0.15, -0.1) is 0 Å². The average molecular weight is 525 g/mol. The van der Waals surface area contributed by atoms with Gasteiger partial charge < -0.3 is 19.8 Å². The molecule has 2 unspecified atom stereocenters. The Hall–Kier alpha value is -1.83. The number of likely N-dealkylation sites (N-methyl/N-ethyl adjacent to an activating group) is 1. The molecule has 1 saturated carbocycles. The normalized spacial score (nSPS) is 44.3. The molecule has 3 aliphatic carbocycles. The molecule has 2 N–H and O–H groups in total. The van der Waals surface area contributed by atoms with Crippen molar-refractivity contribution >= 4 is 27.9 Å². The molecule has 0 radical (unpaired) electrons. The van der Waals surface area contributed by atoms with E-state index in [4.69, 9.17) is 16.3 Å². The Kier molecular flexibility index (Phi) is 5.00. The fraction of sp³-hybridized carbons (Fsp3) is 0.567. The van der Waals surface area contributed by atoms with Gasteiger partial charge in [-0.2, -0.15) is 0 Å². The minimum Gasteiger partial charge on any atom is -0.389 e. The van der Waals surface area contributed by atoms with Crippen molar-refractivity contribution in [2.75, 3.05) is 14.1 Å². The zero-order valence-electron chi connectivity index (χ0n) is 21.5. The fourth-order valence-corrected chi connectivity index (χ4v) is 8.95. The summed E-state index contributed by atoms with van der Waals surface area (Å²) in [5.74, 6) is 0.181. The molecule has 8 atom stereocenters. The number of hydrogen-bond donors (Lipinski definition) is 2. The van der Waals surface area contributed by atoms with E-state index in [2.05, 4.69) is 42.3 Å². The zero-order chi connectivity index (χ0) is 26.0. The summed E-state index contributed by atoms with van der Waals surface area (Å²) in [6, 6.07) is 8.03. The Morgan fingerprint density at radius 2 is 1.97 bits per heavy atom. The third-order valence-electron chi connectivity index (χ3n) is 10.7. The van der Waals surface area contributed by atoms with Crippen LogP contribution >= 0.6 is 11.6 Å². The SMILES string of the molecule is CN(C)[C@H]1C[C@@]23CC[C@@]4(O2)C(=CC[C@]2(C)C(c5ccc6ccnc(Cl)c6c5)=CCC24)CC3(F)[C@@H](O)[C@@H]1O. The van der Waals surface area contributed by atoms with Crippen LogP contribution in [0.1, 0.15) is 51.0 Å². The van der Waals surface area contributed by atoms with Crippen molar-refractivity contribution in [1.29, 1.82) is 0 Å². The summed E-state index contributed by atoms with van der Waals surface area (Å²) in [5.41, 5.74) is -0.391. The molecule has 7 heteroatoms. The lowest BCUT2D eigenvalue weighted by molar-refractivity contribution is -0.282. The van der Waals surface area contributed by atoms with Crippen LogP contribution < -0.4 is 0 Å². The highest BCUT2D eigenvalue weighted by Crippen LogP contribution is 2.70. The summed E-state index contributed by atoms with van der Waals surface area (Å²) in [6.45, 7) is 2.32. The molecule has 5 aliphatic rings. The highest BCUT2D eigenvalue weighted by molar-refractivity contribution is 6.34. The van der Waals surface area contributed by atoms with Gasteiger partial charge >= 0.3 is 0 Å². The van der Waals surface area contributed by atoms with E-state index in [0.717, 1.165) is 41.2 Å². The third-order valence-corrected chi connectivity index (χ3v) is 11.0. The Morgan fingerprint density at radius 1 is 1.16 bits per heavy atom. The van der Waals surface area contributed by atoms with Crippen LogP contribution in [0.4, 0.5) is 4.39 Å². The highest BCUT2D eigenvalue weighted by Gasteiger charge is 2.76. The molecule has 5 nitrogen and oxygen atoms in total. The number of pyridine rings is 1. The largest absolute Gasteiger partial charge is 0.389 e. The molecular weight excluding hydrogens is 491 g/mol. The van der Waals surface area contributed by atoms with Gasteiger partial charge in [0.15, 0.2) is 5.67 Å². The molecule has 2 aliphatic heterocycles. The molecule has 1 aromatic heterocycles. The zero-order valence-corrected chi connectivity index (χ0v) is 22.3. The van der Waals surface area contributed by atoms with Crippen LogP contribution in [0.3, 0.4) is 0 Å². The summed E-state index contributed by atoms with van der Waals surface area (Å²) < 4.78 is 23.9. The van der Waals surface area contributed by atoms with E-state index in [1.165, 1.54) is 5.57 Å². The van der Waals surface area contributed by atoms with Gasteiger partial charge in [-0.1, -0.05) is 42.8 Å². The third kappa shape index (κ3) is 2.91. The number of ether oxygens (including phenoxy) is 1. The molecule has 3 heterocycles. The minimum atomic E-state index is -1.99. The molecular formula is C30H34ClFN2O3. The first-order chi connectivity index (χ1) is 17.5. The number of allylic oxidation sites excluding steroid dienone is 3. The van der Waals surface area contributed by atoms with E-state index in [-0.39, 0.29) is 23.8 Å². The van der Waals surface area contributed by atoms with E-state index < -0.39 is 29.1 Å². The Morgan fingerprint density at radius 3 is 2.76 bits per heavy atom. The van der Waals surface area contributed by atoms with E-state index >= 15 is 4.39 Å². The van der Waals surface area contributed by atoms with E-state index in [1.54, 1.807) is 6.20 Å². The second-order valence-electron chi connectivity index (χ2n) is 12.5. The molecule has 2 bridgehead atoms. The van der Waals surface area contributed by atoms with Crippen LogP contribution in [0.15, 0.2) is 48.2 Å². The van der Waals surface area contributed by atoms with Gasteiger partial charge in [0.25, 0.3) is 0 Å². The second kappa shape index (κ2) is 7.64. The van der Waals surface area contributed by atoms with Crippen LogP contribution in [0, 0.1) is 11.3 Å². The number of nitrogens with zero attached hydrogens (tertiary/aromatic N) is 2. The molecule has 196 valence electrons. The summed E-state index contributed by atoms with van der Waals surface area (Å²) >= 11 is 6.45. The van der Waals surface area contributed by atoms with Crippen molar-refractivity contribution in [1.82, 2.24) is 9.88 Å². The van der Waals surface area contributed by atoms with Crippen LogP contribution in [0.2, 0.25) is 5.15 Å². The number of fused-ring (bicyclic) bond motifs is 2. The molecule has 2 spiro atoms. The smallest absolute Gasteiger partial charge is 0.171 e. The number of alkyl halides is 1. The molecule has 3 fully saturated rings. The summed E-state index contributed by atoms with van der Waals surface area (Å²) in [6.07, 6.45) is 7.06. The molecule has 7 rings (SSSR count). The van der Waals surface area contributed by atoms with Crippen LogP contribution in [-0.4, -0.2) is 69.3 Å². The van der Waals surface area contributed by atoms with E-state index in [1.807, 2.05) is 25.1 Å². The first kappa shape index (κ1) is 24.2. The Labute approximate surface area is 222 Å². The highest BCUT2D eigenvalue weighted by atomic mass is 35.5. The molecule has 2 saturated heterocycles. The van der Waals surface area contributed by atoms with Gasteiger partial charge in [0, 0.05) is 35.4 Å². The van der Waals surface area contributed by atoms with E-state index in [9.17, 15) is 10.2 Å². The lowest BCUT2D eigenvalue weighted by Crippen LogP contribution is -2.73. The maximum Gasteiger partial charge on any atom is 0.171 e. The number of aliphatic hydroxyl groups excluding tert-OH is 2. The topological polar surface area (TPSA) is 65.8 Å². The maximum atomic E-state index is 16.9. The minimum absolute atomic E-state index is 0.130.